The first-order valence-corrected chi connectivity index (χ1v) is 4.69. The number of hydrogen-bond acceptors (Lipinski definition) is 2. The van der Waals surface area contributed by atoms with Gasteiger partial charge in [-0.2, -0.15) is 0 Å². The predicted octanol–water partition coefficient (Wildman–Crippen LogP) is 2.41. The number of rotatable bonds is 6. The Bertz CT molecular complexity index is 254. The molecule has 1 aromatic carbocycles. The fraction of sp³-hybridized carbons (Fsp3) is 0.333. The molecule has 0 aliphatic carbocycles. The standard InChI is InChI=1S/C12H16O2/c1-13-9-5-6-10-14-11-12-7-3-2-4-8-12/h2-8H,9-11H2,1H3/b6-5+. The smallest absolute Gasteiger partial charge is 0.0721 e. The second-order valence-corrected chi connectivity index (χ2v) is 2.93. The van der Waals surface area contributed by atoms with Gasteiger partial charge in [0.15, 0.2) is 0 Å². The van der Waals surface area contributed by atoms with E-state index in [1.54, 1.807) is 7.11 Å². The lowest BCUT2D eigenvalue weighted by Gasteiger charge is -2.00. The highest BCUT2D eigenvalue weighted by Gasteiger charge is 1.88. The van der Waals surface area contributed by atoms with E-state index in [4.69, 9.17) is 9.47 Å². The van der Waals surface area contributed by atoms with Gasteiger partial charge >= 0.3 is 0 Å². The van der Waals surface area contributed by atoms with Crippen LogP contribution in [0.4, 0.5) is 0 Å². The number of hydrogen-bond donors (Lipinski definition) is 0. The van der Waals surface area contributed by atoms with Crippen molar-refractivity contribution in [3.05, 3.63) is 48.0 Å². The number of benzene rings is 1. The zero-order chi connectivity index (χ0) is 10.1. The van der Waals surface area contributed by atoms with Gasteiger partial charge in [-0.15, -0.1) is 0 Å². The first-order chi connectivity index (χ1) is 6.93. The van der Waals surface area contributed by atoms with E-state index in [2.05, 4.69) is 12.1 Å². The molecule has 76 valence electrons. The third kappa shape index (κ3) is 4.80. The van der Waals surface area contributed by atoms with E-state index < -0.39 is 0 Å². The SMILES string of the molecule is COC/C=C/COCc1ccccc1. The van der Waals surface area contributed by atoms with E-state index in [0.717, 1.165) is 0 Å². The second kappa shape index (κ2) is 7.30. The Hall–Kier alpha value is -1.12. The molecule has 0 bridgehead atoms. The molecule has 0 saturated carbocycles. The summed E-state index contributed by atoms with van der Waals surface area (Å²) in [6.07, 6.45) is 3.91. The van der Waals surface area contributed by atoms with Crippen LogP contribution in [0, 0.1) is 0 Å². The molecule has 0 unspecified atom stereocenters. The third-order valence-corrected chi connectivity index (χ3v) is 1.76. The summed E-state index contributed by atoms with van der Waals surface area (Å²) in [6, 6.07) is 10.1. The summed E-state index contributed by atoms with van der Waals surface area (Å²) in [5.41, 5.74) is 1.20. The van der Waals surface area contributed by atoms with E-state index in [1.807, 2.05) is 30.4 Å². The van der Waals surface area contributed by atoms with Crippen molar-refractivity contribution < 1.29 is 9.47 Å². The molecule has 0 saturated heterocycles. The zero-order valence-electron chi connectivity index (χ0n) is 8.48. The van der Waals surface area contributed by atoms with Crippen LogP contribution in [0.1, 0.15) is 5.56 Å². The fourth-order valence-corrected chi connectivity index (χ4v) is 1.05. The molecule has 0 fully saturated rings. The van der Waals surface area contributed by atoms with Crippen LogP contribution in [0.25, 0.3) is 0 Å². The average molecular weight is 192 g/mol. The van der Waals surface area contributed by atoms with Gasteiger partial charge in [-0.1, -0.05) is 42.5 Å². The topological polar surface area (TPSA) is 18.5 Å². The van der Waals surface area contributed by atoms with Gasteiger partial charge in [-0.25, -0.2) is 0 Å². The fourth-order valence-electron chi connectivity index (χ4n) is 1.05. The minimum atomic E-state index is 0.637. The Morgan fingerprint density at radius 1 is 1.07 bits per heavy atom. The Balaban J connectivity index is 2.10. The van der Waals surface area contributed by atoms with Crippen molar-refractivity contribution in [3.8, 4) is 0 Å². The van der Waals surface area contributed by atoms with Crippen molar-refractivity contribution in [2.24, 2.45) is 0 Å². The highest BCUT2D eigenvalue weighted by molar-refractivity contribution is 5.13. The van der Waals surface area contributed by atoms with Crippen LogP contribution in [0.5, 0.6) is 0 Å². The van der Waals surface area contributed by atoms with Crippen LogP contribution in [-0.2, 0) is 16.1 Å². The number of ether oxygens (including phenoxy) is 2. The maximum Gasteiger partial charge on any atom is 0.0721 e. The minimum Gasteiger partial charge on any atom is -0.381 e. The van der Waals surface area contributed by atoms with Crippen molar-refractivity contribution in [1.29, 1.82) is 0 Å². The van der Waals surface area contributed by atoms with Gasteiger partial charge in [0.05, 0.1) is 19.8 Å². The first-order valence-electron chi connectivity index (χ1n) is 4.69. The summed E-state index contributed by atoms with van der Waals surface area (Å²) in [5.74, 6) is 0. The summed E-state index contributed by atoms with van der Waals surface area (Å²) in [4.78, 5) is 0. The highest BCUT2D eigenvalue weighted by Crippen LogP contribution is 1.99. The third-order valence-electron chi connectivity index (χ3n) is 1.76. The van der Waals surface area contributed by atoms with Crippen LogP contribution >= 0.6 is 0 Å². The molecular weight excluding hydrogens is 176 g/mol. The van der Waals surface area contributed by atoms with Gasteiger partial charge in [0.1, 0.15) is 0 Å². The molecule has 14 heavy (non-hydrogen) atoms. The summed E-state index contributed by atoms with van der Waals surface area (Å²) in [5, 5.41) is 0. The summed E-state index contributed by atoms with van der Waals surface area (Å²) >= 11 is 0. The van der Waals surface area contributed by atoms with Crippen LogP contribution in [0.3, 0.4) is 0 Å². The molecule has 0 aliphatic heterocycles. The molecule has 0 N–H and O–H groups in total. The van der Waals surface area contributed by atoms with Crippen molar-refractivity contribution in [3.63, 3.8) is 0 Å². The molecule has 0 amide bonds. The normalized spacial score (nSPS) is 10.9. The van der Waals surface area contributed by atoms with Crippen LogP contribution in [-0.4, -0.2) is 20.3 Å². The molecule has 0 radical (unpaired) electrons. The average Bonchev–Trinajstić information content (AvgIpc) is 2.25. The zero-order valence-corrected chi connectivity index (χ0v) is 8.48. The second-order valence-electron chi connectivity index (χ2n) is 2.93. The highest BCUT2D eigenvalue weighted by atomic mass is 16.5. The lowest BCUT2D eigenvalue weighted by molar-refractivity contribution is 0.148. The van der Waals surface area contributed by atoms with Crippen molar-refractivity contribution in [2.75, 3.05) is 20.3 Å². The maximum absolute atomic E-state index is 5.42. The van der Waals surface area contributed by atoms with Gasteiger partial charge in [0, 0.05) is 7.11 Å². The monoisotopic (exact) mass is 192 g/mol. The van der Waals surface area contributed by atoms with Crippen LogP contribution < -0.4 is 0 Å². The van der Waals surface area contributed by atoms with Crippen molar-refractivity contribution >= 4 is 0 Å². The van der Waals surface area contributed by atoms with Gasteiger partial charge in [0.25, 0.3) is 0 Å². The predicted molar refractivity (Wildman–Crippen MR) is 57.1 cm³/mol. The summed E-state index contributed by atoms with van der Waals surface area (Å²) in [6.45, 7) is 1.95. The van der Waals surface area contributed by atoms with E-state index in [9.17, 15) is 0 Å². The molecule has 2 nitrogen and oxygen atoms in total. The molecule has 0 heterocycles. The van der Waals surface area contributed by atoms with E-state index in [0.29, 0.717) is 19.8 Å². The number of methoxy groups -OCH3 is 1. The molecule has 1 aromatic rings. The lowest BCUT2D eigenvalue weighted by atomic mass is 10.2. The van der Waals surface area contributed by atoms with Gasteiger partial charge in [-0.3, -0.25) is 0 Å². The molecular formula is C12H16O2. The van der Waals surface area contributed by atoms with Crippen LogP contribution in [0.15, 0.2) is 42.5 Å². The van der Waals surface area contributed by atoms with Gasteiger partial charge < -0.3 is 9.47 Å². The lowest BCUT2D eigenvalue weighted by Crippen LogP contribution is -1.92. The summed E-state index contributed by atoms with van der Waals surface area (Å²) in [7, 11) is 1.68. The van der Waals surface area contributed by atoms with E-state index in [1.165, 1.54) is 5.56 Å². The quantitative estimate of drug-likeness (QED) is 0.509. The van der Waals surface area contributed by atoms with E-state index in [-0.39, 0.29) is 0 Å². The molecule has 0 aliphatic rings. The largest absolute Gasteiger partial charge is 0.381 e. The molecule has 0 aromatic heterocycles. The van der Waals surface area contributed by atoms with Gasteiger partial charge in [-0.05, 0) is 5.56 Å². The molecule has 0 atom stereocenters. The van der Waals surface area contributed by atoms with Crippen LogP contribution in [0.2, 0.25) is 0 Å². The van der Waals surface area contributed by atoms with Gasteiger partial charge in [0.2, 0.25) is 0 Å². The summed E-state index contributed by atoms with van der Waals surface area (Å²) < 4.78 is 10.3. The molecule has 0 spiro atoms. The minimum absolute atomic E-state index is 0.637. The molecule has 2 heteroatoms. The Morgan fingerprint density at radius 2 is 1.79 bits per heavy atom. The Kier molecular flexibility index (Phi) is 5.71. The Labute approximate surface area is 85.2 Å². The van der Waals surface area contributed by atoms with E-state index >= 15 is 0 Å². The maximum atomic E-state index is 5.42. The van der Waals surface area contributed by atoms with Crippen molar-refractivity contribution in [1.82, 2.24) is 0 Å². The molecule has 1 rings (SSSR count). The van der Waals surface area contributed by atoms with Crippen molar-refractivity contribution in [2.45, 2.75) is 6.61 Å². The Morgan fingerprint density at radius 3 is 2.50 bits per heavy atom. The first kappa shape index (κ1) is 11.0.